The fraction of sp³-hybridized carbons (Fsp3) is 0.421. The minimum absolute atomic E-state index is 0. The summed E-state index contributed by atoms with van der Waals surface area (Å²) < 4.78 is 34.7. The predicted molar refractivity (Wildman–Crippen MR) is 123 cm³/mol. The second-order valence-corrected chi connectivity index (χ2v) is 7.00. The van der Waals surface area contributed by atoms with Crippen LogP contribution in [0.15, 0.2) is 29.3 Å². The Bertz CT molecular complexity index is 864. The van der Waals surface area contributed by atoms with Crippen LogP contribution in [0.1, 0.15) is 45.8 Å². The Kier molecular flexibility index (Phi) is 10.9. The number of aliphatic imine (C=N–C) groups is 1. The molecule has 1 aromatic heterocycles. The second-order valence-electron chi connectivity index (χ2n) is 5.97. The molecule has 0 radical (unpaired) electrons. The lowest BCUT2D eigenvalue weighted by Gasteiger charge is -2.17. The molecule has 0 aliphatic heterocycles. The molecule has 2 rings (SSSR count). The van der Waals surface area contributed by atoms with Gasteiger partial charge in [-0.15, -0.1) is 35.3 Å². The van der Waals surface area contributed by atoms with E-state index in [0.717, 1.165) is 0 Å². The Morgan fingerprint density at radius 2 is 2.03 bits per heavy atom. The van der Waals surface area contributed by atoms with Crippen molar-refractivity contribution in [3.05, 3.63) is 45.4 Å². The zero-order valence-corrected chi connectivity index (χ0v) is 20.2. The molecule has 11 heteroatoms. The molecule has 0 saturated carbocycles. The fourth-order valence-electron chi connectivity index (χ4n) is 2.49. The van der Waals surface area contributed by atoms with Crippen LogP contribution in [0.4, 0.5) is 8.78 Å². The first kappa shape index (κ1) is 26.0. The van der Waals surface area contributed by atoms with E-state index in [2.05, 4.69) is 25.3 Å². The minimum Gasteiger partial charge on any atom is -0.462 e. The molecule has 1 heterocycles. The number of aryl methyl sites for hydroxylation is 1. The van der Waals surface area contributed by atoms with Gasteiger partial charge in [-0.2, -0.15) is 8.78 Å². The number of para-hydroxylation sites is 1. The Labute approximate surface area is 195 Å². The van der Waals surface area contributed by atoms with Crippen LogP contribution in [0.2, 0.25) is 0 Å². The predicted octanol–water partition coefficient (Wildman–Crippen LogP) is 4.27. The number of halogens is 3. The van der Waals surface area contributed by atoms with Crippen LogP contribution in [0.5, 0.6) is 5.75 Å². The molecule has 0 bridgehead atoms. The second kappa shape index (κ2) is 12.6. The molecule has 0 aliphatic carbocycles. The average Bonchev–Trinajstić information content (AvgIpc) is 3.07. The molecule has 1 unspecified atom stereocenters. The summed E-state index contributed by atoms with van der Waals surface area (Å²) in [5.74, 6) is 0.169. The summed E-state index contributed by atoms with van der Waals surface area (Å²) in [6.07, 6.45) is 0. The Morgan fingerprint density at radius 3 is 2.67 bits per heavy atom. The number of nitrogens with zero attached hydrogens (tertiary/aromatic N) is 2. The minimum atomic E-state index is -2.89. The van der Waals surface area contributed by atoms with Crippen LogP contribution >= 0.6 is 35.3 Å². The van der Waals surface area contributed by atoms with E-state index in [1.165, 1.54) is 17.4 Å². The molecule has 2 N–H and O–H groups in total. The summed E-state index contributed by atoms with van der Waals surface area (Å²) >= 11 is 1.26. The Hall–Kier alpha value is -2.02. The monoisotopic (exact) mass is 554 g/mol. The number of rotatable bonds is 8. The summed E-state index contributed by atoms with van der Waals surface area (Å²) in [6.45, 7) is 3.03. The standard InChI is InChI=1S/C19H24F2N4O3S.HI/c1-5-27-17(26)15-11(2)24-16(29-15)12(3)25-19(22-4)23-10-13-8-6-7-9-14(13)28-18(20)21;/h6-9,12,18H,5,10H2,1-4H3,(H2,22,23,25);1H. The number of nitrogens with one attached hydrogen (secondary N) is 2. The zero-order valence-electron chi connectivity index (χ0n) is 17.1. The molecule has 0 amide bonds. The van der Waals surface area contributed by atoms with Gasteiger partial charge in [-0.05, 0) is 26.8 Å². The number of ether oxygens (including phenoxy) is 2. The molecule has 1 aromatic carbocycles. The first-order valence-electron chi connectivity index (χ1n) is 9.00. The molecule has 30 heavy (non-hydrogen) atoms. The Morgan fingerprint density at radius 1 is 1.33 bits per heavy atom. The highest BCUT2D eigenvalue weighted by Gasteiger charge is 2.20. The maximum Gasteiger partial charge on any atom is 0.387 e. The molecule has 0 saturated heterocycles. The van der Waals surface area contributed by atoms with Gasteiger partial charge in [0.2, 0.25) is 0 Å². The summed E-state index contributed by atoms with van der Waals surface area (Å²) in [4.78, 5) is 21.0. The number of carbonyl (C=O) groups is 1. The molecule has 0 spiro atoms. The van der Waals surface area contributed by atoms with Gasteiger partial charge < -0.3 is 20.1 Å². The fourth-order valence-corrected chi connectivity index (χ4v) is 3.45. The van der Waals surface area contributed by atoms with Gasteiger partial charge in [-0.1, -0.05) is 18.2 Å². The number of hydrogen-bond acceptors (Lipinski definition) is 6. The lowest BCUT2D eigenvalue weighted by Crippen LogP contribution is -2.38. The average molecular weight is 554 g/mol. The molecule has 7 nitrogen and oxygen atoms in total. The van der Waals surface area contributed by atoms with Gasteiger partial charge in [0.15, 0.2) is 5.96 Å². The maximum absolute atomic E-state index is 12.5. The van der Waals surface area contributed by atoms with Crippen LogP contribution in [0.25, 0.3) is 0 Å². The van der Waals surface area contributed by atoms with E-state index in [0.29, 0.717) is 33.7 Å². The van der Waals surface area contributed by atoms with E-state index < -0.39 is 6.61 Å². The van der Waals surface area contributed by atoms with Crippen molar-refractivity contribution in [1.29, 1.82) is 0 Å². The third-order valence-corrected chi connectivity index (χ3v) is 5.18. The molecular formula is C19H25F2IN4O3S. The van der Waals surface area contributed by atoms with E-state index in [9.17, 15) is 13.6 Å². The van der Waals surface area contributed by atoms with Crippen LogP contribution in [0.3, 0.4) is 0 Å². The van der Waals surface area contributed by atoms with E-state index >= 15 is 0 Å². The van der Waals surface area contributed by atoms with Crippen molar-refractivity contribution < 1.29 is 23.0 Å². The van der Waals surface area contributed by atoms with Gasteiger partial charge in [0.05, 0.1) is 18.3 Å². The first-order chi connectivity index (χ1) is 13.8. The van der Waals surface area contributed by atoms with Crippen molar-refractivity contribution in [2.45, 2.75) is 40.0 Å². The number of hydrogen-bond donors (Lipinski definition) is 2. The van der Waals surface area contributed by atoms with Crippen LogP contribution in [-0.4, -0.2) is 37.2 Å². The van der Waals surface area contributed by atoms with Crippen molar-refractivity contribution in [3.63, 3.8) is 0 Å². The van der Waals surface area contributed by atoms with Crippen molar-refractivity contribution in [2.24, 2.45) is 4.99 Å². The van der Waals surface area contributed by atoms with Gasteiger partial charge in [0, 0.05) is 19.2 Å². The van der Waals surface area contributed by atoms with E-state index in [-0.39, 0.29) is 48.3 Å². The van der Waals surface area contributed by atoms with Gasteiger partial charge in [0.25, 0.3) is 0 Å². The molecular weight excluding hydrogens is 529 g/mol. The number of esters is 1. The molecule has 0 aliphatic rings. The summed E-state index contributed by atoms with van der Waals surface area (Å²) in [7, 11) is 1.60. The smallest absolute Gasteiger partial charge is 0.387 e. The van der Waals surface area contributed by atoms with Gasteiger partial charge in [0.1, 0.15) is 15.6 Å². The quantitative estimate of drug-likeness (QED) is 0.220. The van der Waals surface area contributed by atoms with Crippen LogP contribution < -0.4 is 15.4 Å². The van der Waals surface area contributed by atoms with Crippen LogP contribution in [-0.2, 0) is 11.3 Å². The van der Waals surface area contributed by atoms with Crippen molar-refractivity contribution >= 4 is 47.2 Å². The lowest BCUT2D eigenvalue weighted by molar-refractivity contribution is -0.0504. The number of aromatic nitrogens is 1. The number of thiazole rings is 1. The lowest BCUT2D eigenvalue weighted by atomic mass is 10.2. The third-order valence-electron chi connectivity index (χ3n) is 3.86. The number of guanidine groups is 1. The Balaban J connectivity index is 0.00000450. The molecule has 2 aromatic rings. The highest BCUT2D eigenvalue weighted by Crippen LogP contribution is 2.24. The van der Waals surface area contributed by atoms with Gasteiger partial charge in [-0.3, -0.25) is 4.99 Å². The summed E-state index contributed by atoms with van der Waals surface area (Å²) in [6, 6.07) is 6.31. The van der Waals surface area contributed by atoms with Gasteiger partial charge in [-0.25, -0.2) is 9.78 Å². The molecule has 166 valence electrons. The number of carbonyl (C=O) groups excluding carboxylic acids is 1. The highest BCUT2D eigenvalue weighted by atomic mass is 127. The number of benzene rings is 1. The zero-order chi connectivity index (χ0) is 21.4. The largest absolute Gasteiger partial charge is 0.462 e. The summed E-state index contributed by atoms with van der Waals surface area (Å²) in [5, 5.41) is 6.94. The van der Waals surface area contributed by atoms with Crippen LogP contribution in [0, 0.1) is 6.92 Å². The van der Waals surface area contributed by atoms with Gasteiger partial charge >= 0.3 is 12.6 Å². The van der Waals surface area contributed by atoms with E-state index in [4.69, 9.17) is 4.74 Å². The highest BCUT2D eigenvalue weighted by molar-refractivity contribution is 14.0. The number of alkyl halides is 2. The van der Waals surface area contributed by atoms with E-state index in [1.807, 2.05) is 6.92 Å². The third kappa shape index (κ3) is 7.35. The normalized spacial score (nSPS) is 12.2. The molecule has 1 atom stereocenters. The van der Waals surface area contributed by atoms with Crippen molar-refractivity contribution in [2.75, 3.05) is 13.7 Å². The topological polar surface area (TPSA) is 84.8 Å². The first-order valence-corrected chi connectivity index (χ1v) is 9.81. The van der Waals surface area contributed by atoms with Crippen molar-refractivity contribution in [3.8, 4) is 5.75 Å². The van der Waals surface area contributed by atoms with E-state index in [1.54, 1.807) is 39.1 Å². The summed E-state index contributed by atoms with van der Waals surface area (Å²) in [5.41, 5.74) is 1.18. The van der Waals surface area contributed by atoms with Crippen molar-refractivity contribution in [1.82, 2.24) is 15.6 Å². The maximum atomic E-state index is 12.5. The molecule has 0 fully saturated rings. The SMILES string of the molecule is CCOC(=O)c1sc(C(C)NC(=NC)NCc2ccccc2OC(F)F)nc1C.I.